The van der Waals surface area contributed by atoms with Crippen molar-refractivity contribution in [2.75, 3.05) is 19.0 Å². The van der Waals surface area contributed by atoms with E-state index in [1.807, 2.05) is 0 Å². The Morgan fingerprint density at radius 3 is 2.68 bits per heavy atom. The zero-order valence-corrected chi connectivity index (χ0v) is 13.8. The van der Waals surface area contributed by atoms with Crippen molar-refractivity contribution < 1.29 is 23.5 Å². The van der Waals surface area contributed by atoms with Crippen LogP contribution in [0.4, 0.5) is 10.1 Å². The number of anilines is 1. The molecule has 0 saturated carbocycles. The molecule has 0 heterocycles. The number of halogens is 2. The molecule has 2 aromatic carbocycles. The van der Waals surface area contributed by atoms with Gasteiger partial charge in [0.05, 0.1) is 30.0 Å². The number of rotatable bonds is 5. The van der Waals surface area contributed by atoms with E-state index in [4.69, 9.17) is 26.3 Å². The van der Waals surface area contributed by atoms with Crippen LogP contribution in [0.15, 0.2) is 36.4 Å². The second-order valence-corrected chi connectivity index (χ2v) is 5.21. The van der Waals surface area contributed by atoms with E-state index in [1.165, 1.54) is 19.2 Å². The van der Waals surface area contributed by atoms with Gasteiger partial charge in [0.1, 0.15) is 11.6 Å². The van der Waals surface area contributed by atoms with Crippen LogP contribution in [-0.2, 0) is 9.53 Å². The third-order valence-corrected chi connectivity index (χ3v) is 3.32. The smallest absolute Gasteiger partial charge is 0.341 e. The highest BCUT2D eigenvalue weighted by Crippen LogP contribution is 2.27. The fraction of sp³-hybridized carbons (Fsp3) is 0.118. The molecule has 0 atom stereocenters. The zero-order valence-electron chi connectivity index (χ0n) is 13.0. The van der Waals surface area contributed by atoms with Crippen LogP contribution in [0.2, 0.25) is 5.02 Å². The van der Waals surface area contributed by atoms with Crippen LogP contribution in [0.3, 0.4) is 0 Å². The standard InChI is InChI=1S/C17H12ClFN2O4/c1-24-15-5-3-11(18)7-14(15)21-16(22)9-25-17(23)12-4-2-10(8-20)6-13(12)19/h2-7H,9H2,1H3,(H,21,22). The lowest BCUT2D eigenvalue weighted by atomic mass is 10.1. The van der Waals surface area contributed by atoms with Crippen molar-refractivity contribution in [3.05, 3.63) is 58.4 Å². The van der Waals surface area contributed by atoms with Crippen molar-refractivity contribution in [1.29, 1.82) is 5.26 Å². The summed E-state index contributed by atoms with van der Waals surface area (Å²) in [4.78, 5) is 23.7. The van der Waals surface area contributed by atoms with Gasteiger partial charge in [-0.2, -0.15) is 5.26 Å². The highest BCUT2D eigenvalue weighted by atomic mass is 35.5. The molecule has 25 heavy (non-hydrogen) atoms. The summed E-state index contributed by atoms with van der Waals surface area (Å²) >= 11 is 5.85. The highest BCUT2D eigenvalue weighted by molar-refractivity contribution is 6.31. The predicted octanol–water partition coefficient (Wildman–Crippen LogP) is 3.15. The van der Waals surface area contributed by atoms with Crippen molar-refractivity contribution in [2.45, 2.75) is 0 Å². The van der Waals surface area contributed by atoms with E-state index in [-0.39, 0.29) is 11.1 Å². The lowest BCUT2D eigenvalue weighted by Crippen LogP contribution is -2.21. The lowest BCUT2D eigenvalue weighted by Gasteiger charge is -2.11. The molecule has 2 rings (SSSR count). The monoisotopic (exact) mass is 362 g/mol. The van der Waals surface area contributed by atoms with Crippen molar-refractivity contribution in [3.8, 4) is 11.8 Å². The van der Waals surface area contributed by atoms with E-state index in [1.54, 1.807) is 18.2 Å². The number of amides is 1. The first kappa shape index (κ1) is 18.2. The molecule has 0 aliphatic heterocycles. The van der Waals surface area contributed by atoms with Gasteiger partial charge in [-0.15, -0.1) is 0 Å². The van der Waals surface area contributed by atoms with Gasteiger partial charge in [0.2, 0.25) is 0 Å². The third-order valence-electron chi connectivity index (χ3n) is 3.09. The maximum absolute atomic E-state index is 13.7. The number of ether oxygens (including phenoxy) is 2. The Labute approximate surface area is 147 Å². The molecule has 0 aromatic heterocycles. The zero-order chi connectivity index (χ0) is 18.4. The number of methoxy groups -OCH3 is 1. The number of carbonyl (C=O) groups is 2. The first-order valence-corrected chi connectivity index (χ1v) is 7.32. The Kier molecular flexibility index (Phi) is 5.93. The van der Waals surface area contributed by atoms with Gasteiger partial charge in [-0.1, -0.05) is 11.6 Å². The molecule has 0 spiro atoms. The summed E-state index contributed by atoms with van der Waals surface area (Å²) in [7, 11) is 1.42. The molecule has 0 unspecified atom stereocenters. The minimum absolute atomic E-state index is 0.0693. The summed E-state index contributed by atoms with van der Waals surface area (Å²) in [5.74, 6) is -2.19. The molecule has 1 N–H and O–H groups in total. The molecule has 0 saturated heterocycles. The number of nitrogens with one attached hydrogen (secondary N) is 1. The molecular weight excluding hydrogens is 351 g/mol. The van der Waals surface area contributed by atoms with Gasteiger partial charge in [0.25, 0.3) is 5.91 Å². The Morgan fingerprint density at radius 2 is 2.04 bits per heavy atom. The minimum Gasteiger partial charge on any atom is -0.495 e. The molecule has 2 aromatic rings. The number of benzene rings is 2. The summed E-state index contributed by atoms with van der Waals surface area (Å²) in [6, 6.07) is 9.68. The second kappa shape index (κ2) is 8.13. The number of nitriles is 1. The summed E-state index contributed by atoms with van der Waals surface area (Å²) in [5.41, 5.74) is 0.00702. The van der Waals surface area contributed by atoms with E-state index in [0.29, 0.717) is 16.5 Å². The molecule has 128 valence electrons. The van der Waals surface area contributed by atoms with Crippen molar-refractivity contribution in [3.63, 3.8) is 0 Å². The average molecular weight is 363 g/mol. The van der Waals surface area contributed by atoms with Crippen LogP contribution in [0.1, 0.15) is 15.9 Å². The molecule has 8 heteroatoms. The van der Waals surface area contributed by atoms with Crippen molar-refractivity contribution in [2.24, 2.45) is 0 Å². The van der Waals surface area contributed by atoms with Gasteiger partial charge >= 0.3 is 5.97 Å². The topological polar surface area (TPSA) is 88.4 Å². The fourth-order valence-corrected chi connectivity index (χ4v) is 2.10. The first-order chi connectivity index (χ1) is 11.9. The van der Waals surface area contributed by atoms with Crippen LogP contribution in [-0.4, -0.2) is 25.6 Å². The van der Waals surface area contributed by atoms with Gasteiger partial charge in [-0.25, -0.2) is 9.18 Å². The number of carbonyl (C=O) groups excluding carboxylic acids is 2. The van der Waals surface area contributed by atoms with E-state index in [2.05, 4.69) is 5.32 Å². The SMILES string of the molecule is COc1ccc(Cl)cc1NC(=O)COC(=O)c1ccc(C#N)cc1F. The van der Waals surface area contributed by atoms with Gasteiger partial charge in [0.15, 0.2) is 6.61 Å². The summed E-state index contributed by atoms with van der Waals surface area (Å²) in [6.45, 7) is -0.631. The van der Waals surface area contributed by atoms with Crippen LogP contribution in [0.25, 0.3) is 0 Å². The fourth-order valence-electron chi connectivity index (χ4n) is 1.92. The highest BCUT2D eigenvalue weighted by Gasteiger charge is 2.16. The first-order valence-electron chi connectivity index (χ1n) is 6.94. The van der Waals surface area contributed by atoms with Gasteiger partial charge in [-0.3, -0.25) is 4.79 Å². The second-order valence-electron chi connectivity index (χ2n) is 4.78. The number of esters is 1. The largest absolute Gasteiger partial charge is 0.495 e. The Hall–Kier alpha value is -3.11. The van der Waals surface area contributed by atoms with Gasteiger partial charge in [-0.05, 0) is 36.4 Å². The Bertz CT molecular complexity index is 864. The van der Waals surface area contributed by atoms with E-state index < -0.39 is 24.3 Å². The van der Waals surface area contributed by atoms with E-state index >= 15 is 0 Å². The molecule has 1 amide bonds. The van der Waals surface area contributed by atoms with E-state index in [0.717, 1.165) is 12.1 Å². The lowest BCUT2D eigenvalue weighted by molar-refractivity contribution is -0.119. The molecule has 0 aliphatic carbocycles. The van der Waals surface area contributed by atoms with Crippen LogP contribution < -0.4 is 10.1 Å². The van der Waals surface area contributed by atoms with Crippen LogP contribution in [0, 0.1) is 17.1 Å². The maximum atomic E-state index is 13.7. The van der Waals surface area contributed by atoms with Gasteiger partial charge < -0.3 is 14.8 Å². The molecule has 0 radical (unpaired) electrons. The predicted molar refractivity (Wildman–Crippen MR) is 88.0 cm³/mol. The molecule has 0 aliphatic rings. The molecular formula is C17H12ClFN2O4. The third kappa shape index (κ3) is 4.68. The van der Waals surface area contributed by atoms with Gasteiger partial charge in [0, 0.05) is 5.02 Å². The summed E-state index contributed by atoms with van der Waals surface area (Å²) < 4.78 is 23.6. The number of nitrogens with zero attached hydrogens (tertiary/aromatic N) is 1. The van der Waals surface area contributed by atoms with Crippen LogP contribution in [0.5, 0.6) is 5.75 Å². The van der Waals surface area contributed by atoms with E-state index in [9.17, 15) is 14.0 Å². The minimum atomic E-state index is -1.02. The maximum Gasteiger partial charge on any atom is 0.341 e. The number of hydrogen-bond donors (Lipinski definition) is 1. The molecule has 6 nitrogen and oxygen atoms in total. The normalized spacial score (nSPS) is 9.84. The summed E-state index contributed by atoms with van der Waals surface area (Å²) in [5, 5.41) is 11.5. The average Bonchev–Trinajstić information content (AvgIpc) is 2.59. The van der Waals surface area contributed by atoms with Crippen LogP contribution >= 0.6 is 11.6 Å². The Morgan fingerprint density at radius 1 is 1.28 bits per heavy atom. The summed E-state index contributed by atoms with van der Waals surface area (Å²) in [6.07, 6.45) is 0. The Balaban J connectivity index is 1.99. The van der Waals surface area contributed by atoms with Crippen molar-refractivity contribution >= 4 is 29.2 Å². The number of hydrogen-bond acceptors (Lipinski definition) is 5. The molecule has 0 fully saturated rings. The quantitative estimate of drug-likeness (QED) is 0.825. The van der Waals surface area contributed by atoms with Crippen molar-refractivity contribution in [1.82, 2.24) is 0 Å². The molecule has 0 bridgehead atoms.